The van der Waals surface area contributed by atoms with Crippen LogP contribution in [0, 0.1) is 0 Å². The quantitative estimate of drug-likeness (QED) is 0.166. The summed E-state index contributed by atoms with van der Waals surface area (Å²) in [5, 5.41) is 3.99. The highest BCUT2D eigenvalue weighted by Crippen LogP contribution is 2.48. The molecule has 1 unspecified atom stereocenters. The fourth-order valence-electron chi connectivity index (χ4n) is 4.20. The van der Waals surface area contributed by atoms with Crippen molar-refractivity contribution in [3.8, 4) is 0 Å². The molecule has 1 aliphatic rings. The third-order valence-electron chi connectivity index (χ3n) is 5.48. The molecule has 0 fully saturated rings. The number of likely N-dealkylation sites (N-methyl/N-ethyl adjacent to an activating group) is 1. The summed E-state index contributed by atoms with van der Waals surface area (Å²) < 4.78 is 35.7. The van der Waals surface area contributed by atoms with Crippen LogP contribution >= 0.6 is 34.7 Å². The van der Waals surface area contributed by atoms with E-state index in [2.05, 4.69) is 68.5 Å². The molecule has 1 atom stereocenters. The monoisotopic (exact) mass is 547 g/mol. The van der Waals surface area contributed by atoms with Gasteiger partial charge in [0, 0.05) is 27.9 Å². The maximum absolute atomic E-state index is 11.8. The predicted molar refractivity (Wildman–Crippen MR) is 151 cm³/mol. The number of hydrogen-bond donors (Lipinski definition) is 1. The minimum absolute atomic E-state index is 0.127. The number of hydrogen-bond acceptors (Lipinski definition) is 5. The van der Waals surface area contributed by atoms with E-state index in [0.717, 1.165) is 21.8 Å². The molecule has 1 aliphatic heterocycles. The molecule has 35 heavy (non-hydrogen) atoms. The normalized spacial score (nSPS) is 14.7. The summed E-state index contributed by atoms with van der Waals surface area (Å²) in [6.45, 7) is 15.0. The van der Waals surface area contributed by atoms with Gasteiger partial charge >= 0.3 is 10.1 Å². The SMILES string of the molecule is C=C.C=C.CCN1c2c(ccc3ccccc23)SC1Cc1sc2ccc(Cl)cc2[n+]1CS(=O)(=O)O. The summed E-state index contributed by atoms with van der Waals surface area (Å²) in [4.78, 5) is 3.62. The van der Waals surface area contributed by atoms with Gasteiger partial charge in [-0.3, -0.25) is 4.55 Å². The molecule has 0 bridgehead atoms. The van der Waals surface area contributed by atoms with E-state index in [0.29, 0.717) is 11.4 Å². The number of thioether (sulfide) groups is 1. The molecule has 0 radical (unpaired) electrons. The average molecular weight is 548 g/mol. The number of anilines is 1. The van der Waals surface area contributed by atoms with Gasteiger partial charge in [-0.25, -0.2) is 0 Å². The molecule has 9 heteroatoms. The third-order valence-corrected chi connectivity index (χ3v) is 8.77. The smallest absolute Gasteiger partial charge is 0.326 e. The van der Waals surface area contributed by atoms with Crippen molar-refractivity contribution in [3.05, 3.63) is 90.9 Å². The number of nitrogens with zero attached hydrogens (tertiary/aromatic N) is 2. The first kappa shape index (κ1) is 27.2. The lowest BCUT2D eigenvalue weighted by molar-refractivity contribution is -0.654. The van der Waals surface area contributed by atoms with Gasteiger partial charge in [0.1, 0.15) is 4.70 Å². The Morgan fingerprint density at radius 2 is 1.80 bits per heavy atom. The van der Waals surface area contributed by atoms with Gasteiger partial charge < -0.3 is 4.90 Å². The van der Waals surface area contributed by atoms with Crippen LogP contribution in [0.15, 0.2) is 85.8 Å². The summed E-state index contributed by atoms with van der Waals surface area (Å²) >= 11 is 9.51. The molecular weight excluding hydrogens is 520 g/mol. The van der Waals surface area contributed by atoms with Gasteiger partial charge in [0.2, 0.25) is 10.5 Å². The van der Waals surface area contributed by atoms with Crippen LogP contribution in [0.25, 0.3) is 21.0 Å². The van der Waals surface area contributed by atoms with E-state index >= 15 is 0 Å². The van der Waals surface area contributed by atoms with Crippen molar-refractivity contribution in [2.45, 2.75) is 29.5 Å². The van der Waals surface area contributed by atoms with E-state index in [1.54, 1.807) is 39.8 Å². The topological polar surface area (TPSA) is 61.5 Å². The van der Waals surface area contributed by atoms with Gasteiger partial charge in [-0.15, -0.1) is 26.3 Å². The van der Waals surface area contributed by atoms with Gasteiger partial charge in [-0.2, -0.15) is 13.0 Å². The predicted octanol–water partition coefficient (Wildman–Crippen LogP) is 6.95. The van der Waals surface area contributed by atoms with Crippen molar-refractivity contribution < 1.29 is 17.5 Å². The van der Waals surface area contributed by atoms with Crippen molar-refractivity contribution >= 4 is 71.5 Å². The number of thiazole rings is 1. The highest BCUT2D eigenvalue weighted by atomic mass is 35.5. The van der Waals surface area contributed by atoms with Gasteiger partial charge in [0.05, 0.1) is 17.5 Å². The van der Waals surface area contributed by atoms with E-state index in [4.69, 9.17) is 11.6 Å². The third kappa shape index (κ3) is 5.73. The number of benzene rings is 3. The van der Waals surface area contributed by atoms with E-state index in [-0.39, 0.29) is 5.37 Å². The van der Waals surface area contributed by atoms with Crippen molar-refractivity contribution in [1.82, 2.24) is 0 Å². The maximum Gasteiger partial charge on any atom is 0.326 e. The molecule has 0 saturated heterocycles. The second kappa shape index (κ2) is 11.6. The molecule has 2 heterocycles. The zero-order valence-electron chi connectivity index (χ0n) is 19.5. The molecule has 0 aliphatic carbocycles. The molecule has 5 nitrogen and oxygen atoms in total. The van der Waals surface area contributed by atoms with Crippen LogP contribution in [0.5, 0.6) is 0 Å². The summed E-state index contributed by atoms with van der Waals surface area (Å²) in [7, 11) is -4.20. The van der Waals surface area contributed by atoms with E-state index in [1.807, 2.05) is 12.1 Å². The maximum atomic E-state index is 11.8. The Morgan fingerprint density at radius 1 is 1.09 bits per heavy atom. The molecule has 4 aromatic rings. The number of halogens is 1. The van der Waals surface area contributed by atoms with Crippen LogP contribution in [0.1, 0.15) is 11.9 Å². The second-order valence-electron chi connectivity index (χ2n) is 7.44. The fourth-order valence-corrected chi connectivity index (χ4v) is 7.76. The fraction of sp³-hybridized carbons (Fsp3) is 0.192. The van der Waals surface area contributed by atoms with Crippen LogP contribution in [0.2, 0.25) is 5.02 Å². The number of fused-ring (bicyclic) bond motifs is 4. The van der Waals surface area contributed by atoms with E-state index in [1.165, 1.54) is 21.4 Å². The summed E-state index contributed by atoms with van der Waals surface area (Å²) in [6, 6.07) is 18.1. The van der Waals surface area contributed by atoms with Crippen molar-refractivity contribution in [1.29, 1.82) is 0 Å². The van der Waals surface area contributed by atoms with Crippen molar-refractivity contribution in [2.24, 2.45) is 0 Å². The first-order valence-electron chi connectivity index (χ1n) is 10.8. The molecule has 0 spiro atoms. The first-order valence-corrected chi connectivity index (χ1v) is 14.5. The van der Waals surface area contributed by atoms with E-state index < -0.39 is 16.0 Å². The lowest BCUT2D eigenvalue weighted by Crippen LogP contribution is -2.42. The number of aromatic nitrogens is 1. The zero-order valence-corrected chi connectivity index (χ0v) is 22.7. The highest BCUT2D eigenvalue weighted by Gasteiger charge is 2.35. The van der Waals surface area contributed by atoms with Gasteiger partial charge in [-0.05, 0) is 30.5 Å². The zero-order chi connectivity index (χ0) is 25.8. The first-order chi connectivity index (χ1) is 16.8. The Bertz CT molecular complexity index is 1450. The standard InChI is InChI=1S/C22H19ClN2O3S3.2C2H4/c1-2-24-20(30-19-9-7-14-5-3-4-6-16(14)22(19)24)12-21-25(13-31(26,27)28)17-11-15(23)8-10-18(17)29-21;2*1-2/h3-11,20H,2,12-13H2,1H3;2*1-2H2/p+1. The molecule has 5 rings (SSSR count). The highest BCUT2D eigenvalue weighted by molar-refractivity contribution is 8.00. The van der Waals surface area contributed by atoms with Crippen LogP contribution in [-0.4, -0.2) is 24.9 Å². The number of rotatable bonds is 5. The minimum Gasteiger partial charge on any atom is -0.357 e. The van der Waals surface area contributed by atoms with Crippen LogP contribution < -0.4 is 9.47 Å². The Kier molecular flexibility index (Phi) is 9.01. The van der Waals surface area contributed by atoms with E-state index in [9.17, 15) is 13.0 Å². The van der Waals surface area contributed by atoms with Gasteiger partial charge in [-0.1, -0.05) is 65.0 Å². The second-order valence-corrected chi connectivity index (χ2v) is 11.6. The minimum atomic E-state index is -4.20. The Morgan fingerprint density at radius 3 is 2.49 bits per heavy atom. The van der Waals surface area contributed by atoms with Crippen LogP contribution in [0.3, 0.4) is 0 Å². The summed E-state index contributed by atoms with van der Waals surface area (Å²) in [5.41, 5.74) is 1.96. The molecule has 184 valence electrons. The lowest BCUT2D eigenvalue weighted by atomic mass is 10.1. The van der Waals surface area contributed by atoms with Crippen LogP contribution in [-0.2, 0) is 22.4 Å². The van der Waals surface area contributed by atoms with Crippen molar-refractivity contribution in [2.75, 3.05) is 11.4 Å². The Balaban J connectivity index is 0.000000815. The molecule has 1 aromatic heterocycles. The van der Waals surface area contributed by atoms with Crippen LogP contribution in [0.4, 0.5) is 5.69 Å². The molecule has 0 amide bonds. The average Bonchev–Trinajstić information content (AvgIpc) is 3.38. The Hall–Kier alpha value is -2.36. The van der Waals surface area contributed by atoms with Crippen molar-refractivity contribution in [3.63, 3.8) is 0 Å². The van der Waals surface area contributed by atoms with Gasteiger partial charge in [0.25, 0.3) is 5.88 Å². The Labute approximate surface area is 220 Å². The molecule has 0 saturated carbocycles. The molecule has 1 N–H and O–H groups in total. The molecule has 3 aromatic carbocycles. The summed E-state index contributed by atoms with van der Waals surface area (Å²) in [6.07, 6.45) is 0.647. The molecular formula is C26H28ClN2O3S3+. The largest absolute Gasteiger partial charge is 0.357 e. The summed E-state index contributed by atoms with van der Waals surface area (Å²) in [5.74, 6) is -0.484. The van der Waals surface area contributed by atoms with Gasteiger partial charge in [0.15, 0.2) is 0 Å². The lowest BCUT2D eigenvalue weighted by Gasteiger charge is -2.24.